The standard InChI is InChI=1S/C21H18O5S/c22-19-10-12-20(13-11-19)27(24,25)15-17-6-8-18(9-7-17)21(23)26-14-16-4-2-1-3-5-16/h1-13,22H,14-15H2. The second-order valence-electron chi connectivity index (χ2n) is 6.01. The highest BCUT2D eigenvalue weighted by Gasteiger charge is 2.16. The first-order valence-electron chi connectivity index (χ1n) is 8.26. The van der Waals surface area contributed by atoms with Crippen LogP contribution < -0.4 is 0 Å². The normalized spacial score (nSPS) is 11.1. The van der Waals surface area contributed by atoms with Gasteiger partial charge in [0.2, 0.25) is 0 Å². The van der Waals surface area contributed by atoms with Crippen molar-refractivity contribution in [1.29, 1.82) is 0 Å². The van der Waals surface area contributed by atoms with Gasteiger partial charge in [-0.25, -0.2) is 13.2 Å². The molecule has 0 atom stereocenters. The van der Waals surface area contributed by atoms with Crippen molar-refractivity contribution in [1.82, 2.24) is 0 Å². The maximum absolute atomic E-state index is 12.4. The van der Waals surface area contributed by atoms with Gasteiger partial charge in [-0.15, -0.1) is 0 Å². The van der Waals surface area contributed by atoms with E-state index >= 15 is 0 Å². The molecule has 0 saturated heterocycles. The van der Waals surface area contributed by atoms with Gasteiger partial charge in [-0.1, -0.05) is 42.5 Å². The fourth-order valence-electron chi connectivity index (χ4n) is 2.50. The van der Waals surface area contributed by atoms with Gasteiger partial charge >= 0.3 is 5.97 Å². The lowest BCUT2D eigenvalue weighted by molar-refractivity contribution is 0.0472. The number of aromatic hydroxyl groups is 1. The van der Waals surface area contributed by atoms with E-state index in [1.165, 1.54) is 24.3 Å². The van der Waals surface area contributed by atoms with Crippen molar-refractivity contribution in [2.75, 3.05) is 0 Å². The first-order valence-corrected chi connectivity index (χ1v) is 9.91. The largest absolute Gasteiger partial charge is 0.508 e. The van der Waals surface area contributed by atoms with Crippen LogP contribution in [0.4, 0.5) is 0 Å². The summed E-state index contributed by atoms with van der Waals surface area (Å²) >= 11 is 0. The number of rotatable bonds is 6. The molecular weight excluding hydrogens is 364 g/mol. The Morgan fingerprint density at radius 3 is 2.07 bits per heavy atom. The molecule has 0 amide bonds. The van der Waals surface area contributed by atoms with Gasteiger partial charge in [0.25, 0.3) is 0 Å². The zero-order valence-corrected chi connectivity index (χ0v) is 15.2. The smallest absolute Gasteiger partial charge is 0.338 e. The van der Waals surface area contributed by atoms with Gasteiger partial charge in [-0.05, 0) is 47.5 Å². The lowest BCUT2D eigenvalue weighted by Gasteiger charge is -2.07. The maximum Gasteiger partial charge on any atom is 0.338 e. The minimum absolute atomic E-state index is 0.00678. The molecule has 5 nitrogen and oxygen atoms in total. The van der Waals surface area contributed by atoms with Crippen LogP contribution in [-0.2, 0) is 26.9 Å². The van der Waals surface area contributed by atoms with Crippen LogP contribution in [0.15, 0.2) is 83.8 Å². The number of carbonyl (C=O) groups is 1. The van der Waals surface area contributed by atoms with Crippen LogP contribution in [0.5, 0.6) is 5.75 Å². The van der Waals surface area contributed by atoms with Crippen LogP contribution in [-0.4, -0.2) is 19.5 Å². The van der Waals surface area contributed by atoms with E-state index < -0.39 is 15.8 Å². The molecule has 27 heavy (non-hydrogen) atoms. The number of hydrogen-bond donors (Lipinski definition) is 1. The van der Waals surface area contributed by atoms with Crippen molar-refractivity contribution in [2.24, 2.45) is 0 Å². The van der Waals surface area contributed by atoms with E-state index in [4.69, 9.17) is 4.74 Å². The van der Waals surface area contributed by atoms with Gasteiger partial charge in [-0.2, -0.15) is 0 Å². The number of esters is 1. The number of ether oxygens (including phenoxy) is 1. The summed E-state index contributed by atoms with van der Waals surface area (Å²) in [6.45, 7) is 0.177. The summed E-state index contributed by atoms with van der Waals surface area (Å²) in [6.07, 6.45) is 0. The molecule has 3 aromatic carbocycles. The molecule has 0 radical (unpaired) electrons. The molecule has 3 rings (SSSR count). The molecule has 0 aromatic heterocycles. The van der Waals surface area contributed by atoms with E-state index in [1.54, 1.807) is 24.3 Å². The monoisotopic (exact) mass is 382 g/mol. The topological polar surface area (TPSA) is 80.7 Å². The number of phenolic OH excluding ortho intramolecular Hbond substituents is 1. The predicted octanol–water partition coefficient (Wildman–Crippen LogP) is 3.72. The van der Waals surface area contributed by atoms with Crippen molar-refractivity contribution in [3.05, 3.63) is 95.6 Å². The first kappa shape index (κ1) is 18.7. The van der Waals surface area contributed by atoms with Gasteiger partial charge in [0.15, 0.2) is 9.84 Å². The fourth-order valence-corrected chi connectivity index (χ4v) is 3.85. The van der Waals surface area contributed by atoms with Crippen LogP contribution in [0.1, 0.15) is 21.5 Å². The average Bonchev–Trinajstić information content (AvgIpc) is 2.67. The van der Waals surface area contributed by atoms with Gasteiger partial charge < -0.3 is 9.84 Å². The summed E-state index contributed by atoms with van der Waals surface area (Å²) in [5.74, 6) is -0.656. The molecule has 0 fully saturated rings. The van der Waals surface area contributed by atoms with Crippen LogP contribution in [0, 0.1) is 0 Å². The molecule has 0 saturated carbocycles. The molecule has 0 bridgehead atoms. The quantitative estimate of drug-likeness (QED) is 0.657. The minimum atomic E-state index is -3.54. The second kappa shape index (κ2) is 8.05. The Labute approximate surface area is 157 Å². The van der Waals surface area contributed by atoms with Crippen LogP contribution in [0.25, 0.3) is 0 Å². The van der Waals surface area contributed by atoms with E-state index in [1.807, 2.05) is 30.3 Å². The van der Waals surface area contributed by atoms with Crippen molar-refractivity contribution < 1.29 is 23.1 Å². The molecule has 0 unspecified atom stereocenters. The predicted molar refractivity (Wildman–Crippen MR) is 101 cm³/mol. The van der Waals surface area contributed by atoms with E-state index in [0.29, 0.717) is 11.1 Å². The molecular formula is C21H18O5S. The maximum atomic E-state index is 12.4. The van der Waals surface area contributed by atoms with E-state index in [-0.39, 0.29) is 23.0 Å². The molecule has 3 aromatic rings. The number of phenols is 1. The molecule has 0 aliphatic carbocycles. The molecule has 0 spiro atoms. The van der Waals surface area contributed by atoms with Crippen molar-refractivity contribution in [3.63, 3.8) is 0 Å². The average molecular weight is 382 g/mol. The van der Waals surface area contributed by atoms with Gasteiger partial charge in [0.1, 0.15) is 12.4 Å². The third kappa shape index (κ3) is 4.95. The van der Waals surface area contributed by atoms with Crippen LogP contribution in [0.2, 0.25) is 0 Å². The highest BCUT2D eigenvalue weighted by Crippen LogP contribution is 2.19. The molecule has 0 aliphatic rings. The SMILES string of the molecule is O=C(OCc1ccccc1)c1ccc(CS(=O)(=O)c2ccc(O)cc2)cc1. The Morgan fingerprint density at radius 2 is 1.44 bits per heavy atom. The molecule has 138 valence electrons. The van der Waals surface area contributed by atoms with Crippen LogP contribution in [0.3, 0.4) is 0 Å². The third-order valence-corrected chi connectivity index (χ3v) is 5.66. The van der Waals surface area contributed by atoms with Crippen molar-refractivity contribution in [2.45, 2.75) is 17.3 Å². The lowest BCUT2D eigenvalue weighted by Crippen LogP contribution is -2.07. The summed E-state index contributed by atoms with van der Waals surface area (Å²) in [5.41, 5.74) is 1.81. The summed E-state index contributed by atoms with van der Waals surface area (Å²) in [6, 6.07) is 21.0. The van der Waals surface area contributed by atoms with Crippen LogP contribution >= 0.6 is 0 Å². The van der Waals surface area contributed by atoms with Crippen molar-refractivity contribution in [3.8, 4) is 5.75 Å². The van der Waals surface area contributed by atoms with Gasteiger partial charge in [-0.3, -0.25) is 0 Å². The van der Waals surface area contributed by atoms with Crippen molar-refractivity contribution >= 4 is 15.8 Å². The summed E-state index contributed by atoms with van der Waals surface area (Å²) < 4.78 is 30.1. The first-order chi connectivity index (χ1) is 12.9. The van der Waals surface area contributed by atoms with E-state index in [2.05, 4.69) is 0 Å². The Hall–Kier alpha value is -3.12. The molecule has 0 aliphatic heterocycles. The van der Waals surface area contributed by atoms with Gasteiger partial charge in [0, 0.05) is 0 Å². The summed E-state index contributed by atoms with van der Waals surface area (Å²) in [5, 5.41) is 9.27. The highest BCUT2D eigenvalue weighted by atomic mass is 32.2. The Balaban J connectivity index is 1.64. The number of sulfone groups is 1. The Bertz CT molecular complexity index is 1010. The number of carbonyl (C=O) groups excluding carboxylic acids is 1. The zero-order chi connectivity index (χ0) is 19.3. The van der Waals surface area contributed by atoms with E-state index in [9.17, 15) is 18.3 Å². The van der Waals surface area contributed by atoms with E-state index in [0.717, 1.165) is 5.56 Å². The highest BCUT2D eigenvalue weighted by molar-refractivity contribution is 7.90. The summed E-state index contributed by atoms with van der Waals surface area (Å²) in [4.78, 5) is 12.2. The number of hydrogen-bond acceptors (Lipinski definition) is 5. The molecule has 1 N–H and O–H groups in total. The number of benzene rings is 3. The summed E-state index contributed by atoms with van der Waals surface area (Å²) in [7, 11) is -3.54. The lowest BCUT2D eigenvalue weighted by atomic mass is 10.1. The molecule has 6 heteroatoms. The fraction of sp³-hybridized carbons (Fsp3) is 0.0952. The Morgan fingerprint density at radius 1 is 0.815 bits per heavy atom. The van der Waals surface area contributed by atoms with Gasteiger partial charge in [0.05, 0.1) is 16.2 Å². The second-order valence-corrected chi connectivity index (χ2v) is 8.00. The Kier molecular flexibility index (Phi) is 5.57. The zero-order valence-electron chi connectivity index (χ0n) is 14.4. The third-order valence-electron chi connectivity index (χ3n) is 3.95. The minimum Gasteiger partial charge on any atom is -0.508 e. The molecule has 0 heterocycles.